The maximum Gasteiger partial charge on any atom is 0.231 e. The molecule has 0 bridgehead atoms. The maximum absolute atomic E-state index is 6.10. The lowest BCUT2D eigenvalue weighted by Crippen LogP contribution is -3.15. The van der Waals surface area contributed by atoms with Gasteiger partial charge in [-0.15, -0.1) is 0 Å². The molecule has 0 aliphatic carbocycles. The molecule has 4 rings (SSSR count). The number of likely N-dealkylation sites (N-methyl/N-ethyl adjacent to an activating group) is 1. The number of quaternary nitrogens is 2. The average Bonchev–Trinajstić information content (AvgIpc) is 2.83. The Morgan fingerprint density at radius 3 is 2.42 bits per heavy atom. The van der Waals surface area contributed by atoms with Crippen molar-refractivity contribution < 1.29 is 9.80 Å². The molecule has 0 fully saturated rings. The molecule has 2 heterocycles. The molecule has 0 aliphatic rings. The summed E-state index contributed by atoms with van der Waals surface area (Å²) in [6.45, 7) is 3.98. The predicted octanol–water partition coefficient (Wildman–Crippen LogP) is 3.80. The van der Waals surface area contributed by atoms with Crippen molar-refractivity contribution >= 4 is 51.3 Å². The normalized spacial score (nSPS) is 13.1. The Bertz CT molecular complexity index is 1170. The van der Waals surface area contributed by atoms with E-state index in [9.17, 15) is 0 Å². The van der Waals surface area contributed by atoms with Gasteiger partial charge in [0, 0.05) is 64.7 Å². The van der Waals surface area contributed by atoms with Gasteiger partial charge in [-0.2, -0.15) is 0 Å². The highest BCUT2D eigenvalue weighted by Gasteiger charge is 2.18. The van der Waals surface area contributed by atoms with E-state index in [0.29, 0.717) is 5.02 Å². The van der Waals surface area contributed by atoms with Gasteiger partial charge in [-0.3, -0.25) is 4.98 Å². The molecule has 0 saturated carbocycles. The quantitative estimate of drug-likeness (QED) is 0.302. The van der Waals surface area contributed by atoms with E-state index in [2.05, 4.69) is 40.5 Å². The molecule has 0 radical (unpaired) electrons. The van der Waals surface area contributed by atoms with E-state index in [0.717, 1.165) is 60.0 Å². The number of hydrogen-bond donors (Lipinski definition) is 3. The lowest BCUT2D eigenvalue weighted by Gasteiger charge is -2.20. The minimum Gasteiger partial charge on any atom is -0.384 e. The third-order valence-corrected chi connectivity index (χ3v) is 6.26. The van der Waals surface area contributed by atoms with E-state index in [4.69, 9.17) is 23.2 Å². The number of halogens is 2. The minimum atomic E-state index is 0.706. The van der Waals surface area contributed by atoms with E-state index >= 15 is 0 Å². The summed E-state index contributed by atoms with van der Waals surface area (Å²) in [6, 6.07) is 22.0. The Hall–Kier alpha value is -2.70. The Kier molecular flexibility index (Phi) is 8.13. The minimum absolute atomic E-state index is 0.706. The number of rotatable bonds is 10. The molecule has 3 N–H and O–H groups in total. The second kappa shape index (κ2) is 11.4. The van der Waals surface area contributed by atoms with Gasteiger partial charge in [0.05, 0.1) is 19.1 Å². The van der Waals surface area contributed by atoms with Crippen LogP contribution >= 0.6 is 23.2 Å². The average molecular weight is 482 g/mol. The van der Waals surface area contributed by atoms with Gasteiger partial charge in [0.15, 0.2) is 0 Å². The Labute approximate surface area is 205 Å². The van der Waals surface area contributed by atoms with Crippen molar-refractivity contribution in [3.63, 3.8) is 0 Å². The summed E-state index contributed by atoms with van der Waals surface area (Å²) in [7, 11) is 2.25. The smallest absolute Gasteiger partial charge is 0.231 e. The van der Waals surface area contributed by atoms with Crippen LogP contribution in [0.25, 0.3) is 10.9 Å². The number of fused-ring (bicyclic) bond motifs is 1. The summed E-state index contributed by atoms with van der Waals surface area (Å²) < 4.78 is 0. The van der Waals surface area contributed by atoms with Crippen molar-refractivity contribution in [2.75, 3.05) is 38.5 Å². The number of benzene rings is 2. The van der Waals surface area contributed by atoms with Gasteiger partial charge in [-0.1, -0.05) is 29.3 Å². The van der Waals surface area contributed by atoms with Gasteiger partial charge < -0.3 is 10.2 Å². The highest BCUT2D eigenvalue weighted by molar-refractivity contribution is 6.31. The van der Waals surface area contributed by atoms with E-state index in [1.807, 2.05) is 60.9 Å². The fourth-order valence-corrected chi connectivity index (χ4v) is 4.26. The zero-order valence-electron chi connectivity index (χ0n) is 18.7. The van der Waals surface area contributed by atoms with Crippen molar-refractivity contribution in [3.05, 3.63) is 89.2 Å². The number of hydrogen-bond acceptors (Lipinski definition) is 3. The molecule has 0 aliphatic heterocycles. The van der Waals surface area contributed by atoms with Crippen LogP contribution in [0, 0.1) is 0 Å². The Morgan fingerprint density at radius 1 is 0.818 bits per heavy atom. The van der Waals surface area contributed by atoms with Crippen LogP contribution in [0.5, 0.6) is 0 Å². The van der Waals surface area contributed by atoms with Gasteiger partial charge in [-0.25, -0.2) is 9.88 Å². The number of nitrogens with one attached hydrogen (secondary N) is 3. The van der Waals surface area contributed by atoms with E-state index in [1.165, 1.54) is 15.5 Å². The number of aromatic nitrogens is 2. The third-order valence-electron chi connectivity index (χ3n) is 5.77. The van der Waals surface area contributed by atoms with E-state index < -0.39 is 0 Å². The first-order valence-corrected chi connectivity index (χ1v) is 12.0. The molecule has 2 atom stereocenters. The number of nitrogens with zero attached hydrogens (tertiary/aromatic N) is 2. The molecular formula is C26H29Cl2N5+2. The largest absolute Gasteiger partial charge is 0.384 e. The zero-order valence-corrected chi connectivity index (χ0v) is 20.2. The first-order valence-electron chi connectivity index (χ1n) is 11.2. The molecule has 4 aromatic rings. The SMILES string of the molecule is C[NH+](CCCNc1ccnc2cc(Cl)ccc12)CC[NH+](c1ccc(Cl)cc1)c1ccccn1. The third kappa shape index (κ3) is 6.42. The lowest BCUT2D eigenvalue weighted by molar-refractivity contribution is -0.905. The molecule has 0 amide bonds. The second-order valence-electron chi connectivity index (χ2n) is 8.21. The maximum atomic E-state index is 6.10. The van der Waals surface area contributed by atoms with Crippen molar-refractivity contribution in [1.29, 1.82) is 0 Å². The van der Waals surface area contributed by atoms with Gasteiger partial charge in [0.2, 0.25) is 5.82 Å². The summed E-state index contributed by atoms with van der Waals surface area (Å²) >= 11 is 12.2. The van der Waals surface area contributed by atoms with Gasteiger partial charge >= 0.3 is 0 Å². The molecule has 0 spiro atoms. The Balaban J connectivity index is 1.30. The van der Waals surface area contributed by atoms with Crippen LogP contribution < -0.4 is 15.1 Å². The summed E-state index contributed by atoms with van der Waals surface area (Å²) in [5.74, 6) is 1.03. The summed E-state index contributed by atoms with van der Waals surface area (Å²) in [5, 5.41) is 6.11. The van der Waals surface area contributed by atoms with Crippen molar-refractivity contribution in [2.24, 2.45) is 0 Å². The van der Waals surface area contributed by atoms with Gasteiger partial charge in [0.1, 0.15) is 18.8 Å². The van der Waals surface area contributed by atoms with Crippen molar-refractivity contribution in [1.82, 2.24) is 9.97 Å². The monoisotopic (exact) mass is 481 g/mol. The first-order chi connectivity index (χ1) is 16.1. The van der Waals surface area contributed by atoms with Gasteiger partial charge in [0.25, 0.3) is 0 Å². The van der Waals surface area contributed by atoms with Gasteiger partial charge in [-0.05, 0) is 42.5 Å². The first kappa shape index (κ1) is 23.5. The summed E-state index contributed by atoms with van der Waals surface area (Å²) in [5.41, 5.74) is 3.19. The zero-order chi connectivity index (χ0) is 23.0. The van der Waals surface area contributed by atoms with Crippen LogP contribution in [0.15, 0.2) is 79.1 Å². The highest BCUT2D eigenvalue weighted by Crippen LogP contribution is 2.24. The molecule has 170 valence electrons. The van der Waals surface area contributed by atoms with Crippen LogP contribution in [0.2, 0.25) is 10.0 Å². The molecule has 2 aromatic carbocycles. The Morgan fingerprint density at radius 2 is 1.64 bits per heavy atom. The predicted molar refractivity (Wildman–Crippen MR) is 137 cm³/mol. The molecule has 7 heteroatoms. The standard InChI is InChI=1S/C26H27Cl2N5/c1-32(16-4-14-29-24-12-15-30-25-19-21(28)8-11-23(24)25)17-18-33(26-5-2-3-13-31-26)22-9-6-20(27)7-10-22/h2-3,5-13,15,19H,4,14,16-18H2,1H3,(H,29,30)/p+2. The second-order valence-corrected chi connectivity index (χ2v) is 9.08. The fourth-order valence-electron chi connectivity index (χ4n) is 3.96. The van der Waals surface area contributed by atoms with Crippen molar-refractivity contribution in [3.8, 4) is 0 Å². The van der Waals surface area contributed by atoms with E-state index in [-0.39, 0.29) is 0 Å². The molecule has 33 heavy (non-hydrogen) atoms. The molecule has 2 unspecified atom stereocenters. The van der Waals surface area contributed by atoms with Crippen molar-refractivity contribution in [2.45, 2.75) is 6.42 Å². The number of anilines is 1. The molecule has 5 nitrogen and oxygen atoms in total. The van der Waals surface area contributed by atoms with Crippen LogP contribution in [0.4, 0.5) is 17.2 Å². The topological polar surface area (TPSA) is 46.7 Å². The van der Waals surface area contributed by atoms with E-state index in [1.54, 1.807) is 0 Å². The lowest BCUT2D eigenvalue weighted by atomic mass is 10.2. The fraction of sp³-hybridized carbons (Fsp3) is 0.231. The van der Waals surface area contributed by atoms with Crippen LogP contribution in [0.3, 0.4) is 0 Å². The molecule has 0 saturated heterocycles. The van der Waals surface area contributed by atoms with Crippen LogP contribution in [-0.4, -0.2) is 43.2 Å². The molecule has 2 aromatic heterocycles. The summed E-state index contributed by atoms with van der Waals surface area (Å²) in [4.78, 5) is 11.8. The number of pyridine rings is 2. The highest BCUT2D eigenvalue weighted by atomic mass is 35.5. The summed E-state index contributed by atoms with van der Waals surface area (Å²) in [6.07, 6.45) is 4.75. The van der Waals surface area contributed by atoms with Crippen LogP contribution in [-0.2, 0) is 0 Å². The van der Waals surface area contributed by atoms with Crippen LogP contribution in [0.1, 0.15) is 6.42 Å². The molecular weight excluding hydrogens is 453 g/mol.